The molecule has 6 rings (SSSR count). The maximum atomic E-state index is 2.37. The highest BCUT2D eigenvalue weighted by atomic mass is 32.2. The number of benzene rings is 4. The van der Waals surface area contributed by atoms with E-state index in [1.807, 2.05) is 0 Å². The van der Waals surface area contributed by atoms with E-state index in [4.69, 9.17) is 0 Å². The molecule has 0 spiro atoms. The molecule has 0 radical (unpaired) electrons. The lowest BCUT2D eigenvalue weighted by Crippen LogP contribution is -1.89. The van der Waals surface area contributed by atoms with Gasteiger partial charge in [-0.2, -0.15) is 0 Å². The van der Waals surface area contributed by atoms with Gasteiger partial charge in [0, 0.05) is 35.9 Å². The molecule has 4 aromatic carbocycles. The van der Waals surface area contributed by atoms with E-state index in [1.54, 1.807) is 23.5 Å². The van der Waals surface area contributed by atoms with Crippen LogP contribution in [0.4, 0.5) is 0 Å². The third-order valence-electron chi connectivity index (χ3n) is 6.49. The van der Waals surface area contributed by atoms with Crippen molar-refractivity contribution in [2.45, 2.75) is 10.1 Å². The van der Waals surface area contributed by atoms with Gasteiger partial charge in [0.15, 0.2) is 0 Å². The Kier molecular flexibility index (Phi) is 3.93. The predicted octanol–water partition coefficient (Wildman–Crippen LogP) is 7.57. The molecule has 0 atom stereocenters. The van der Waals surface area contributed by atoms with E-state index in [0.29, 0.717) is 0 Å². The zero-order chi connectivity index (χ0) is 20.6. The fraction of sp³-hybridized carbons (Fsp3) is 0.154. The Morgan fingerprint density at radius 2 is 0.933 bits per heavy atom. The lowest BCUT2D eigenvalue weighted by molar-refractivity contribution is 0.864. The summed E-state index contributed by atoms with van der Waals surface area (Å²) in [5, 5.41) is 13.1. The normalized spacial score (nSPS) is 12.3. The first-order chi connectivity index (χ1) is 14.6. The first kappa shape index (κ1) is 18.2. The summed E-state index contributed by atoms with van der Waals surface area (Å²) < 4.78 is 4.60. The van der Waals surface area contributed by atoms with Crippen LogP contribution in [0.1, 0.15) is 0 Å². The Morgan fingerprint density at radius 1 is 0.500 bits per heavy atom. The molecule has 148 valence electrons. The molecule has 2 aromatic heterocycles. The van der Waals surface area contributed by atoms with Gasteiger partial charge in [-0.05, 0) is 81.2 Å². The average molecular weight is 427 g/mol. The summed E-state index contributed by atoms with van der Waals surface area (Å²) in [6.07, 6.45) is 4.28. The van der Waals surface area contributed by atoms with Gasteiger partial charge in [-0.25, -0.2) is 0 Å². The minimum atomic E-state index is 1.29. The molecule has 6 aromatic rings. The van der Waals surface area contributed by atoms with Crippen molar-refractivity contribution < 1.29 is 0 Å². The van der Waals surface area contributed by atoms with Crippen LogP contribution in [0.25, 0.3) is 54.1 Å². The molecule has 0 bridgehead atoms. The van der Waals surface area contributed by atoms with Crippen molar-refractivity contribution in [2.24, 2.45) is 14.1 Å². The number of hydrogen-bond donors (Lipinski definition) is 0. The first-order valence-corrected chi connectivity index (χ1v) is 12.5. The standard InChI is InChI=1S/C26H22N2S2/c1-27-23-13-21-15(9-17(23)11-25(27)29-3)5-8-20-19(21)7-6-16-10-18-12-26(30-4)28(2)24(18)14-22(16)20/h5-14H,1-4H3. The summed E-state index contributed by atoms with van der Waals surface area (Å²) in [6, 6.07) is 23.1. The van der Waals surface area contributed by atoms with Gasteiger partial charge in [0.1, 0.15) is 0 Å². The molecule has 2 nitrogen and oxygen atoms in total. The van der Waals surface area contributed by atoms with Crippen molar-refractivity contribution in [3.8, 4) is 0 Å². The fourth-order valence-electron chi connectivity index (χ4n) is 4.88. The average Bonchev–Trinajstić information content (AvgIpc) is 3.26. The minimum Gasteiger partial charge on any atom is -0.339 e. The van der Waals surface area contributed by atoms with E-state index < -0.39 is 0 Å². The van der Waals surface area contributed by atoms with Gasteiger partial charge < -0.3 is 9.13 Å². The summed E-state index contributed by atoms with van der Waals surface area (Å²) in [5.74, 6) is 0. The molecule has 30 heavy (non-hydrogen) atoms. The summed E-state index contributed by atoms with van der Waals surface area (Å²) >= 11 is 3.60. The van der Waals surface area contributed by atoms with Crippen LogP contribution in [0.5, 0.6) is 0 Å². The highest BCUT2D eigenvalue weighted by Crippen LogP contribution is 2.37. The second-order valence-electron chi connectivity index (χ2n) is 7.98. The smallest absolute Gasteiger partial charge is 0.0753 e. The Hall–Kier alpha value is -2.56. The highest BCUT2D eigenvalue weighted by molar-refractivity contribution is 7.98. The summed E-state index contributed by atoms with van der Waals surface area (Å²) in [5.41, 5.74) is 2.59. The zero-order valence-electron chi connectivity index (χ0n) is 17.5. The van der Waals surface area contributed by atoms with Gasteiger partial charge in [0.2, 0.25) is 0 Å². The van der Waals surface area contributed by atoms with Gasteiger partial charge in [0.05, 0.1) is 10.1 Å². The number of aryl methyl sites for hydroxylation is 2. The van der Waals surface area contributed by atoms with E-state index in [9.17, 15) is 0 Å². The van der Waals surface area contributed by atoms with Crippen molar-refractivity contribution >= 4 is 77.6 Å². The Morgan fingerprint density at radius 3 is 1.33 bits per heavy atom. The van der Waals surface area contributed by atoms with Crippen molar-refractivity contribution in [3.05, 3.63) is 60.7 Å². The Bertz CT molecular complexity index is 1510. The number of fused-ring (bicyclic) bond motifs is 7. The molecule has 0 unspecified atom stereocenters. The summed E-state index contributed by atoms with van der Waals surface area (Å²) in [7, 11) is 4.33. The van der Waals surface area contributed by atoms with E-state index in [-0.39, 0.29) is 0 Å². The third-order valence-corrected chi connectivity index (χ3v) is 8.11. The molecule has 0 saturated carbocycles. The van der Waals surface area contributed by atoms with Crippen LogP contribution >= 0.6 is 23.5 Å². The summed E-state index contributed by atoms with van der Waals surface area (Å²) in [6.45, 7) is 0. The Balaban J connectivity index is 1.73. The van der Waals surface area contributed by atoms with Crippen molar-refractivity contribution in [1.82, 2.24) is 9.13 Å². The van der Waals surface area contributed by atoms with Crippen LogP contribution in [0.2, 0.25) is 0 Å². The molecule has 4 heteroatoms. The Labute approximate surface area is 183 Å². The van der Waals surface area contributed by atoms with Crippen LogP contribution in [-0.4, -0.2) is 21.6 Å². The summed E-state index contributed by atoms with van der Waals surface area (Å²) in [4.78, 5) is 0. The van der Waals surface area contributed by atoms with Gasteiger partial charge in [-0.15, -0.1) is 23.5 Å². The number of nitrogens with zero attached hydrogens (tertiary/aromatic N) is 2. The lowest BCUT2D eigenvalue weighted by Gasteiger charge is -2.10. The fourth-order valence-corrected chi connectivity index (χ4v) is 6.12. The van der Waals surface area contributed by atoms with Crippen molar-refractivity contribution in [1.29, 1.82) is 0 Å². The molecular weight excluding hydrogens is 404 g/mol. The highest BCUT2D eigenvalue weighted by Gasteiger charge is 2.12. The third kappa shape index (κ3) is 2.41. The monoisotopic (exact) mass is 426 g/mol. The maximum absolute atomic E-state index is 2.37. The molecular formula is C26H22N2S2. The maximum Gasteiger partial charge on any atom is 0.0753 e. The molecule has 0 aliphatic heterocycles. The molecule has 0 aliphatic rings. The number of aromatic nitrogens is 2. The van der Waals surface area contributed by atoms with Crippen LogP contribution in [0.3, 0.4) is 0 Å². The SMILES string of the molecule is CSc1cc2cc3ccc4c5cc6c(cc(SC)n6C)cc5ccc4c3cc2n1C. The predicted molar refractivity (Wildman–Crippen MR) is 135 cm³/mol. The van der Waals surface area contributed by atoms with Crippen LogP contribution < -0.4 is 0 Å². The van der Waals surface area contributed by atoms with Crippen LogP contribution in [0.15, 0.2) is 70.7 Å². The molecule has 0 saturated heterocycles. The van der Waals surface area contributed by atoms with Gasteiger partial charge in [0.25, 0.3) is 0 Å². The largest absolute Gasteiger partial charge is 0.339 e. The van der Waals surface area contributed by atoms with Gasteiger partial charge >= 0.3 is 0 Å². The van der Waals surface area contributed by atoms with Crippen LogP contribution in [-0.2, 0) is 14.1 Å². The lowest BCUT2D eigenvalue weighted by atomic mass is 9.96. The molecule has 0 amide bonds. The van der Waals surface area contributed by atoms with E-state index >= 15 is 0 Å². The molecule has 0 fully saturated rings. The molecule has 0 N–H and O–H groups in total. The van der Waals surface area contributed by atoms with Crippen molar-refractivity contribution in [3.63, 3.8) is 0 Å². The molecule has 0 aliphatic carbocycles. The number of thioether (sulfide) groups is 2. The second kappa shape index (κ2) is 6.47. The van der Waals surface area contributed by atoms with Crippen molar-refractivity contribution in [2.75, 3.05) is 12.5 Å². The topological polar surface area (TPSA) is 9.86 Å². The first-order valence-electron chi connectivity index (χ1n) is 10.0. The van der Waals surface area contributed by atoms with Crippen LogP contribution in [0, 0.1) is 0 Å². The molecule has 2 heterocycles. The van der Waals surface area contributed by atoms with E-state index in [0.717, 1.165) is 0 Å². The zero-order valence-corrected chi connectivity index (χ0v) is 19.1. The quantitative estimate of drug-likeness (QED) is 0.209. The minimum absolute atomic E-state index is 1.29. The number of rotatable bonds is 2. The second-order valence-corrected chi connectivity index (χ2v) is 9.64. The van der Waals surface area contributed by atoms with E-state index in [2.05, 4.69) is 96.4 Å². The number of hydrogen-bond acceptors (Lipinski definition) is 2. The van der Waals surface area contributed by atoms with Gasteiger partial charge in [-0.1, -0.05) is 24.3 Å². The van der Waals surface area contributed by atoms with E-state index in [1.165, 1.54) is 64.2 Å². The van der Waals surface area contributed by atoms with Gasteiger partial charge in [-0.3, -0.25) is 0 Å².